The Morgan fingerprint density at radius 1 is 1.50 bits per heavy atom. The highest BCUT2D eigenvalue weighted by Gasteiger charge is 2.09. The summed E-state index contributed by atoms with van der Waals surface area (Å²) in [5.74, 6) is 2.99. The average molecular weight is 261 g/mol. The van der Waals surface area contributed by atoms with Crippen LogP contribution in [0.2, 0.25) is 0 Å². The van der Waals surface area contributed by atoms with E-state index in [1.54, 1.807) is 6.92 Å². The fraction of sp³-hybridized carbons (Fsp3) is 0.400. The lowest BCUT2D eigenvalue weighted by molar-refractivity contribution is 0.260. The van der Waals surface area contributed by atoms with E-state index in [4.69, 9.17) is 6.42 Å². The van der Waals surface area contributed by atoms with Crippen LogP contribution in [0.25, 0.3) is 0 Å². The first-order valence-corrected chi connectivity index (χ1v) is 6.92. The number of rotatable bonds is 4. The standard InChI is InChI=1S/C15H19NOS/c1-5-11(3)13-8-7-9-14(10-13)18-15(17)16-12(4)6-2/h2,7-12H,5H2,1,3-4H3,(H,16,17)/t11-,12?/m0/s1. The average Bonchev–Trinajstić information content (AvgIpc) is 2.37. The van der Waals surface area contributed by atoms with E-state index in [-0.39, 0.29) is 11.3 Å². The maximum absolute atomic E-state index is 11.7. The molecule has 1 amide bonds. The maximum atomic E-state index is 11.7. The van der Waals surface area contributed by atoms with E-state index >= 15 is 0 Å². The van der Waals surface area contributed by atoms with Crippen molar-refractivity contribution in [3.8, 4) is 12.3 Å². The van der Waals surface area contributed by atoms with Crippen LogP contribution in [-0.2, 0) is 0 Å². The second-order valence-electron chi connectivity index (χ2n) is 4.30. The number of carbonyl (C=O) groups is 1. The van der Waals surface area contributed by atoms with Gasteiger partial charge in [0.1, 0.15) is 0 Å². The zero-order valence-corrected chi connectivity index (χ0v) is 11.9. The molecule has 1 aromatic rings. The fourth-order valence-corrected chi connectivity index (χ4v) is 2.27. The molecule has 0 bridgehead atoms. The van der Waals surface area contributed by atoms with Gasteiger partial charge in [-0.1, -0.05) is 31.9 Å². The van der Waals surface area contributed by atoms with Crippen LogP contribution in [0, 0.1) is 12.3 Å². The summed E-state index contributed by atoms with van der Waals surface area (Å²) >= 11 is 1.18. The van der Waals surface area contributed by atoms with Crippen molar-refractivity contribution in [2.45, 2.75) is 44.0 Å². The minimum absolute atomic E-state index is 0.109. The largest absolute Gasteiger partial charge is 0.333 e. The van der Waals surface area contributed by atoms with Crippen LogP contribution in [0.5, 0.6) is 0 Å². The summed E-state index contributed by atoms with van der Waals surface area (Å²) < 4.78 is 0. The van der Waals surface area contributed by atoms with Gasteiger partial charge in [-0.25, -0.2) is 0 Å². The second-order valence-corrected chi connectivity index (χ2v) is 5.35. The number of nitrogens with one attached hydrogen (secondary N) is 1. The first-order valence-electron chi connectivity index (χ1n) is 6.11. The Hall–Kier alpha value is -1.40. The zero-order chi connectivity index (χ0) is 13.5. The molecule has 0 saturated heterocycles. The summed E-state index contributed by atoms with van der Waals surface area (Å²) in [5.41, 5.74) is 1.26. The molecule has 0 aliphatic heterocycles. The van der Waals surface area contributed by atoms with Crippen molar-refractivity contribution in [1.29, 1.82) is 0 Å². The van der Waals surface area contributed by atoms with Crippen molar-refractivity contribution < 1.29 is 4.79 Å². The molecule has 3 heteroatoms. The normalized spacial score (nSPS) is 13.4. The van der Waals surface area contributed by atoms with E-state index in [0.717, 1.165) is 11.3 Å². The van der Waals surface area contributed by atoms with E-state index in [1.807, 2.05) is 12.1 Å². The molecule has 0 aliphatic rings. The maximum Gasteiger partial charge on any atom is 0.284 e. The molecular formula is C15H19NOS. The lowest BCUT2D eigenvalue weighted by atomic mass is 9.99. The minimum atomic E-state index is -0.234. The number of hydrogen-bond donors (Lipinski definition) is 1. The molecule has 2 atom stereocenters. The molecule has 0 saturated carbocycles. The van der Waals surface area contributed by atoms with E-state index in [9.17, 15) is 4.79 Å². The lowest BCUT2D eigenvalue weighted by Crippen LogP contribution is -2.27. The van der Waals surface area contributed by atoms with Gasteiger partial charge in [0.05, 0.1) is 6.04 Å². The fourth-order valence-electron chi connectivity index (χ4n) is 1.48. The van der Waals surface area contributed by atoms with Gasteiger partial charge in [-0.2, -0.15) is 0 Å². The lowest BCUT2D eigenvalue weighted by Gasteiger charge is -2.11. The van der Waals surface area contributed by atoms with E-state index in [1.165, 1.54) is 17.3 Å². The Kier molecular flexibility index (Phi) is 5.80. The highest BCUT2D eigenvalue weighted by Crippen LogP contribution is 2.25. The Morgan fingerprint density at radius 3 is 2.83 bits per heavy atom. The number of carbonyl (C=O) groups excluding carboxylic acids is 1. The molecule has 0 spiro atoms. The van der Waals surface area contributed by atoms with E-state index in [0.29, 0.717) is 5.92 Å². The Bertz CT molecular complexity index is 450. The molecule has 1 rings (SSSR count). The molecule has 1 aromatic carbocycles. The van der Waals surface area contributed by atoms with Gasteiger partial charge in [0.2, 0.25) is 0 Å². The van der Waals surface area contributed by atoms with Gasteiger partial charge in [-0.3, -0.25) is 4.79 Å². The molecule has 0 heterocycles. The smallest absolute Gasteiger partial charge is 0.284 e. The molecule has 2 nitrogen and oxygen atoms in total. The predicted octanol–water partition coefficient (Wildman–Crippen LogP) is 4.02. The van der Waals surface area contributed by atoms with Crippen LogP contribution in [0.3, 0.4) is 0 Å². The topological polar surface area (TPSA) is 29.1 Å². The number of hydrogen-bond acceptors (Lipinski definition) is 2. The van der Waals surface area contributed by atoms with Crippen molar-refractivity contribution >= 4 is 17.0 Å². The molecule has 0 aliphatic carbocycles. The molecule has 1 N–H and O–H groups in total. The third-order valence-corrected chi connectivity index (χ3v) is 3.63. The first kappa shape index (κ1) is 14.7. The first-order chi connectivity index (χ1) is 8.56. The van der Waals surface area contributed by atoms with Crippen molar-refractivity contribution in [3.63, 3.8) is 0 Å². The van der Waals surface area contributed by atoms with Crippen LogP contribution < -0.4 is 5.32 Å². The Morgan fingerprint density at radius 2 is 2.22 bits per heavy atom. The summed E-state index contributed by atoms with van der Waals surface area (Å²) in [4.78, 5) is 12.6. The monoisotopic (exact) mass is 261 g/mol. The molecule has 0 aromatic heterocycles. The van der Waals surface area contributed by atoms with Crippen molar-refractivity contribution in [3.05, 3.63) is 29.8 Å². The zero-order valence-electron chi connectivity index (χ0n) is 11.1. The van der Waals surface area contributed by atoms with E-state index in [2.05, 4.69) is 37.2 Å². The molecular weight excluding hydrogens is 242 g/mol. The van der Waals surface area contributed by atoms with Gasteiger partial charge in [0.25, 0.3) is 5.24 Å². The molecule has 96 valence electrons. The minimum Gasteiger partial charge on any atom is -0.333 e. The molecule has 1 unspecified atom stereocenters. The quantitative estimate of drug-likeness (QED) is 0.655. The summed E-state index contributed by atoms with van der Waals surface area (Å²) in [6.07, 6.45) is 6.31. The van der Waals surface area contributed by atoms with Gasteiger partial charge >= 0.3 is 0 Å². The Labute approximate surface area is 114 Å². The molecule has 0 radical (unpaired) electrons. The van der Waals surface area contributed by atoms with Gasteiger partial charge < -0.3 is 5.32 Å². The van der Waals surface area contributed by atoms with Crippen LogP contribution in [0.1, 0.15) is 38.7 Å². The summed E-state index contributed by atoms with van der Waals surface area (Å²) in [5, 5.41) is 2.62. The van der Waals surface area contributed by atoms with Crippen molar-refractivity contribution in [2.75, 3.05) is 0 Å². The molecule has 18 heavy (non-hydrogen) atoms. The van der Waals surface area contributed by atoms with Crippen LogP contribution in [-0.4, -0.2) is 11.3 Å². The van der Waals surface area contributed by atoms with Gasteiger partial charge in [-0.15, -0.1) is 6.42 Å². The summed E-state index contributed by atoms with van der Waals surface area (Å²) in [6, 6.07) is 7.86. The number of amides is 1. The highest BCUT2D eigenvalue weighted by molar-refractivity contribution is 8.13. The SMILES string of the molecule is C#CC(C)NC(=O)Sc1cccc([C@@H](C)CC)c1. The Balaban J connectivity index is 2.68. The van der Waals surface area contributed by atoms with Gasteiger partial charge in [0, 0.05) is 4.90 Å². The second kappa shape index (κ2) is 7.13. The van der Waals surface area contributed by atoms with E-state index < -0.39 is 0 Å². The van der Waals surface area contributed by atoms with Crippen LogP contribution >= 0.6 is 11.8 Å². The summed E-state index contributed by atoms with van der Waals surface area (Å²) in [7, 11) is 0. The predicted molar refractivity (Wildman–Crippen MR) is 77.8 cm³/mol. The van der Waals surface area contributed by atoms with Gasteiger partial charge in [-0.05, 0) is 48.7 Å². The van der Waals surface area contributed by atoms with Crippen molar-refractivity contribution in [2.24, 2.45) is 0 Å². The summed E-state index contributed by atoms with van der Waals surface area (Å²) in [6.45, 7) is 6.13. The van der Waals surface area contributed by atoms with Crippen LogP contribution in [0.4, 0.5) is 4.79 Å². The van der Waals surface area contributed by atoms with Crippen molar-refractivity contribution in [1.82, 2.24) is 5.32 Å². The number of terminal acetylenes is 1. The number of benzene rings is 1. The molecule has 0 fully saturated rings. The number of thioether (sulfide) groups is 1. The van der Waals surface area contributed by atoms with Crippen LogP contribution in [0.15, 0.2) is 29.2 Å². The third kappa shape index (κ3) is 4.46. The van der Waals surface area contributed by atoms with Gasteiger partial charge in [0.15, 0.2) is 0 Å². The highest BCUT2D eigenvalue weighted by atomic mass is 32.2. The third-order valence-electron chi connectivity index (χ3n) is 2.83.